The first-order valence-electron chi connectivity index (χ1n) is 3.73. The molecular formula is C7H15NO2. The van der Waals surface area contributed by atoms with Crippen molar-refractivity contribution >= 4 is 0 Å². The molecule has 0 radical (unpaired) electrons. The van der Waals surface area contributed by atoms with Crippen LogP contribution in [0.25, 0.3) is 0 Å². The molecule has 0 aromatic heterocycles. The molecule has 0 amide bonds. The number of hydrogen-bond donors (Lipinski definition) is 2. The normalized spacial score (nSPS) is 35.1. The number of nitrogens with zero attached hydrogens (tertiary/aromatic N) is 1. The average molecular weight is 145 g/mol. The van der Waals surface area contributed by atoms with Gasteiger partial charge in [-0.15, -0.1) is 0 Å². The summed E-state index contributed by atoms with van der Waals surface area (Å²) in [7, 11) is 1.95. The van der Waals surface area contributed by atoms with Crippen LogP contribution < -0.4 is 0 Å². The predicted molar refractivity (Wildman–Crippen MR) is 38.7 cm³/mol. The highest BCUT2D eigenvalue weighted by Gasteiger charge is 2.28. The Morgan fingerprint density at radius 2 is 1.60 bits per heavy atom. The summed E-state index contributed by atoms with van der Waals surface area (Å²) in [6.45, 7) is 0.431. The first-order chi connectivity index (χ1) is 4.79. The second-order valence-corrected chi connectivity index (χ2v) is 2.92. The van der Waals surface area contributed by atoms with E-state index in [-0.39, 0.29) is 25.3 Å². The van der Waals surface area contributed by atoms with Crippen molar-refractivity contribution in [2.75, 3.05) is 20.3 Å². The summed E-state index contributed by atoms with van der Waals surface area (Å²) in [5.41, 5.74) is 0. The molecule has 3 heteroatoms. The lowest BCUT2D eigenvalue weighted by Gasteiger charge is -2.22. The fourth-order valence-corrected chi connectivity index (χ4v) is 1.53. The molecule has 60 valence electrons. The fourth-order valence-electron chi connectivity index (χ4n) is 1.53. The van der Waals surface area contributed by atoms with Crippen LogP contribution in [0.5, 0.6) is 0 Å². The Labute approximate surface area is 61.3 Å². The van der Waals surface area contributed by atoms with E-state index in [0.29, 0.717) is 0 Å². The molecule has 0 aliphatic carbocycles. The number of rotatable bonds is 2. The predicted octanol–water partition coefficient (Wildman–Crippen LogP) is -0.566. The highest BCUT2D eigenvalue weighted by atomic mass is 16.3. The summed E-state index contributed by atoms with van der Waals surface area (Å²) in [5, 5.41) is 17.7. The summed E-state index contributed by atoms with van der Waals surface area (Å²) in [5.74, 6) is 0. The van der Waals surface area contributed by atoms with E-state index in [2.05, 4.69) is 4.90 Å². The number of aliphatic hydroxyl groups excluding tert-OH is 2. The van der Waals surface area contributed by atoms with E-state index < -0.39 is 0 Å². The van der Waals surface area contributed by atoms with Crippen LogP contribution in [-0.2, 0) is 0 Å². The molecule has 0 saturated carbocycles. The Balaban J connectivity index is 2.41. The van der Waals surface area contributed by atoms with E-state index in [0.717, 1.165) is 12.8 Å². The van der Waals surface area contributed by atoms with Gasteiger partial charge in [0.25, 0.3) is 0 Å². The van der Waals surface area contributed by atoms with Gasteiger partial charge < -0.3 is 10.2 Å². The van der Waals surface area contributed by atoms with Gasteiger partial charge in [-0.25, -0.2) is 0 Å². The van der Waals surface area contributed by atoms with Crippen LogP contribution in [0.1, 0.15) is 12.8 Å². The van der Waals surface area contributed by atoms with Crippen molar-refractivity contribution in [3.63, 3.8) is 0 Å². The Hall–Kier alpha value is -0.120. The standard InChI is InChI=1S/C7H15NO2/c1-8-6(4-9)2-3-7(8)5-10/h6-7,9-10H,2-5H2,1H3/t6-,7+. The third kappa shape index (κ3) is 1.31. The van der Waals surface area contributed by atoms with Gasteiger partial charge in [0.1, 0.15) is 0 Å². The lowest BCUT2D eigenvalue weighted by atomic mass is 10.2. The Morgan fingerprint density at radius 3 is 1.80 bits per heavy atom. The maximum atomic E-state index is 8.83. The molecule has 0 bridgehead atoms. The molecule has 1 fully saturated rings. The van der Waals surface area contributed by atoms with Gasteiger partial charge in [-0.05, 0) is 19.9 Å². The second-order valence-electron chi connectivity index (χ2n) is 2.92. The van der Waals surface area contributed by atoms with Crippen molar-refractivity contribution in [1.82, 2.24) is 4.90 Å². The molecule has 0 spiro atoms. The molecule has 2 N–H and O–H groups in total. The minimum Gasteiger partial charge on any atom is -0.395 e. The molecule has 1 heterocycles. The van der Waals surface area contributed by atoms with Gasteiger partial charge >= 0.3 is 0 Å². The zero-order valence-corrected chi connectivity index (χ0v) is 6.32. The number of hydrogen-bond acceptors (Lipinski definition) is 3. The summed E-state index contributed by atoms with van der Waals surface area (Å²) < 4.78 is 0. The lowest BCUT2D eigenvalue weighted by molar-refractivity contribution is 0.120. The molecule has 1 aliphatic heterocycles. The van der Waals surface area contributed by atoms with Crippen molar-refractivity contribution in [3.05, 3.63) is 0 Å². The maximum absolute atomic E-state index is 8.83. The van der Waals surface area contributed by atoms with Crippen LogP contribution >= 0.6 is 0 Å². The van der Waals surface area contributed by atoms with E-state index in [1.165, 1.54) is 0 Å². The number of likely N-dealkylation sites (tertiary alicyclic amines) is 1. The third-order valence-corrected chi connectivity index (χ3v) is 2.41. The van der Waals surface area contributed by atoms with E-state index in [1.807, 2.05) is 7.05 Å². The van der Waals surface area contributed by atoms with Crippen LogP contribution in [-0.4, -0.2) is 47.5 Å². The van der Waals surface area contributed by atoms with Crippen molar-refractivity contribution < 1.29 is 10.2 Å². The van der Waals surface area contributed by atoms with E-state index in [4.69, 9.17) is 10.2 Å². The van der Waals surface area contributed by atoms with Gasteiger partial charge in [-0.1, -0.05) is 0 Å². The van der Waals surface area contributed by atoms with Crippen molar-refractivity contribution in [2.45, 2.75) is 24.9 Å². The van der Waals surface area contributed by atoms with Crippen LogP contribution in [0.4, 0.5) is 0 Å². The molecule has 2 atom stereocenters. The van der Waals surface area contributed by atoms with Crippen LogP contribution in [0.2, 0.25) is 0 Å². The first-order valence-corrected chi connectivity index (χ1v) is 3.73. The highest BCUT2D eigenvalue weighted by molar-refractivity contribution is 4.83. The van der Waals surface area contributed by atoms with Crippen LogP contribution in [0.15, 0.2) is 0 Å². The zero-order valence-electron chi connectivity index (χ0n) is 6.32. The molecule has 0 unspecified atom stereocenters. The van der Waals surface area contributed by atoms with Crippen molar-refractivity contribution in [1.29, 1.82) is 0 Å². The Kier molecular flexibility index (Phi) is 2.65. The number of likely N-dealkylation sites (N-methyl/N-ethyl adjacent to an activating group) is 1. The molecule has 10 heavy (non-hydrogen) atoms. The monoisotopic (exact) mass is 145 g/mol. The molecular weight excluding hydrogens is 130 g/mol. The quantitative estimate of drug-likeness (QED) is 0.547. The van der Waals surface area contributed by atoms with E-state index in [1.54, 1.807) is 0 Å². The molecule has 3 nitrogen and oxygen atoms in total. The largest absolute Gasteiger partial charge is 0.395 e. The molecule has 1 rings (SSSR count). The smallest absolute Gasteiger partial charge is 0.0586 e. The summed E-state index contributed by atoms with van der Waals surface area (Å²) in [6.07, 6.45) is 2.02. The fraction of sp³-hybridized carbons (Fsp3) is 1.00. The second kappa shape index (κ2) is 3.32. The van der Waals surface area contributed by atoms with Gasteiger partial charge in [-0.3, -0.25) is 4.90 Å². The molecule has 1 aliphatic rings. The van der Waals surface area contributed by atoms with Gasteiger partial charge in [0.05, 0.1) is 13.2 Å². The van der Waals surface area contributed by atoms with Crippen molar-refractivity contribution in [3.8, 4) is 0 Å². The number of aliphatic hydroxyl groups is 2. The van der Waals surface area contributed by atoms with Gasteiger partial charge in [0, 0.05) is 12.1 Å². The maximum Gasteiger partial charge on any atom is 0.0586 e. The topological polar surface area (TPSA) is 43.7 Å². The van der Waals surface area contributed by atoms with Gasteiger partial charge in [0.2, 0.25) is 0 Å². The SMILES string of the molecule is CN1[C@H](CO)CC[C@@H]1CO. The average Bonchev–Trinajstić information content (AvgIpc) is 2.30. The summed E-state index contributed by atoms with van der Waals surface area (Å²) >= 11 is 0. The summed E-state index contributed by atoms with van der Waals surface area (Å²) in [4.78, 5) is 2.06. The minimum atomic E-state index is 0.215. The van der Waals surface area contributed by atoms with Gasteiger partial charge in [-0.2, -0.15) is 0 Å². The van der Waals surface area contributed by atoms with Gasteiger partial charge in [0.15, 0.2) is 0 Å². The Bertz CT molecular complexity index is 95.8. The van der Waals surface area contributed by atoms with Crippen LogP contribution in [0, 0.1) is 0 Å². The minimum absolute atomic E-state index is 0.215. The first kappa shape index (κ1) is 7.98. The highest BCUT2D eigenvalue weighted by Crippen LogP contribution is 2.20. The lowest BCUT2D eigenvalue weighted by Crippen LogP contribution is -2.36. The third-order valence-electron chi connectivity index (χ3n) is 2.41. The summed E-state index contributed by atoms with van der Waals surface area (Å²) in [6, 6.07) is 0.550. The molecule has 0 aromatic carbocycles. The Morgan fingerprint density at radius 1 is 1.20 bits per heavy atom. The molecule has 0 aromatic rings. The van der Waals surface area contributed by atoms with Crippen LogP contribution in [0.3, 0.4) is 0 Å². The van der Waals surface area contributed by atoms with E-state index >= 15 is 0 Å². The molecule has 1 saturated heterocycles. The zero-order chi connectivity index (χ0) is 7.56. The van der Waals surface area contributed by atoms with E-state index in [9.17, 15) is 0 Å². The van der Waals surface area contributed by atoms with Crippen molar-refractivity contribution in [2.24, 2.45) is 0 Å².